The Labute approximate surface area is 110 Å². The van der Waals surface area contributed by atoms with E-state index in [1.807, 2.05) is 0 Å². The monoisotopic (exact) mass is 251 g/mol. The van der Waals surface area contributed by atoms with Gasteiger partial charge in [-0.1, -0.05) is 40.0 Å². The van der Waals surface area contributed by atoms with Gasteiger partial charge >= 0.3 is 0 Å². The largest absolute Gasteiger partial charge is 0.296 e. The predicted molar refractivity (Wildman–Crippen MR) is 70.7 cm³/mol. The van der Waals surface area contributed by atoms with Crippen LogP contribution in [0.1, 0.15) is 52.9 Å². The van der Waals surface area contributed by atoms with E-state index in [1.54, 1.807) is 0 Å². The summed E-state index contributed by atoms with van der Waals surface area (Å²) in [5, 5.41) is 2.51. The van der Waals surface area contributed by atoms with Gasteiger partial charge in [0.25, 0.3) is 0 Å². The second-order valence-electron chi connectivity index (χ2n) is 6.58. The smallest absolute Gasteiger partial charge is 0.230 e. The van der Waals surface area contributed by atoms with Gasteiger partial charge in [0.1, 0.15) is 0 Å². The molecule has 1 saturated heterocycles. The third-order valence-corrected chi connectivity index (χ3v) is 4.75. The number of imide groups is 1. The van der Waals surface area contributed by atoms with Gasteiger partial charge in [-0.2, -0.15) is 0 Å². The van der Waals surface area contributed by atoms with Crippen LogP contribution in [0.25, 0.3) is 0 Å². The van der Waals surface area contributed by atoms with Gasteiger partial charge in [-0.3, -0.25) is 14.9 Å². The molecule has 0 aromatic rings. The fourth-order valence-electron chi connectivity index (χ4n) is 3.93. The molecular weight excluding hydrogens is 226 g/mol. The van der Waals surface area contributed by atoms with E-state index in [2.05, 4.69) is 26.1 Å². The Bertz CT molecular complexity index is 337. The Morgan fingerprint density at radius 1 is 1.22 bits per heavy atom. The fraction of sp³-hybridized carbons (Fsp3) is 0.867. The number of hydrogen-bond acceptors (Lipinski definition) is 2. The average Bonchev–Trinajstić information content (AvgIpc) is 2.27. The van der Waals surface area contributed by atoms with Crippen molar-refractivity contribution in [2.45, 2.75) is 52.9 Å². The topological polar surface area (TPSA) is 46.2 Å². The number of carbonyl (C=O) groups excluding carboxylic acids is 2. The second kappa shape index (κ2) is 5.41. The van der Waals surface area contributed by atoms with Crippen LogP contribution in [0, 0.1) is 29.6 Å². The van der Waals surface area contributed by atoms with Gasteiger partial charge in [0.2, 0.25) is 11.8 Å². The van der Waals surface area contributed by atoms with Crippen molar-refractivity contribution in [3.8, 4) is 0 Å². The molecule has 3 nitrogen and oxygen atoms in total. The number of rotatable bonds is 2. The molecule has 1 N–H and O–H groups in total. The van der Waals surface area contributed by atoms with Gasteiger partial charge in [-0.25, -0.2) is 0 Å². The molecule has 1 aliphatic heterocycles. The molecule has 2 amide bonds. The lowest BCUT2D eigenvalue weighted by Gasteiger charge is -2.40. The van der Waals surface area contributed by atoms with Crippen LogP contribution in [0.15, 0.2) is 0 Å². The summed E-state index contributed by atoms with van der Waals surface area (Å²) in [6.07, 6.45) is 5.48. The minimum Gasteiger partial charge on any atom is -0.296 e. The highest BCUT2D eigenvalue weighted by molar-refractivity contribution is 5.99. The average molecular weight is 251 g/mol. The van der Waals surface area contributed by atoms with E-state index < -0.39 is 0 Å². The lowest BCUT2D eigenvalue weighted by atomic mass is 9.66. The van der Waals surface area contributed by atoms with E-state index in [9.17, 15) is 9.59 Å². The molecule has 1 heterocycles. The maximum absolute atomic E-state index is 12.0. The van der Waals surface area contributed by atoms with Crippen molar-refractivity contribution in [2.24, 2.45) is 29.6 Å². The van der Waals surface area contributed by atoms with E-state index in [-0.39, 0.29) is 23.7 Å². The molecule has 2 fully saturated rings. The van der Waals surface area contributed by atoms with Gasteiger partial charge < -0.3 is 0 Å². The number of piperidine rings is 1. The highest BCUT2D eigenvalue weighted by atomic mass is 16.2. The normalized spacial score (nSPS) is 37.8. The Hall–Kier alpha value is -0.860. The lowest BCUT2D eigenvalue weighted by molar-refractivity contribution is -0.142. The summed E-state index contributed by atoms with van der Waals surface area (Å²) in [6, 6.07) is 0. The second-order valence-corrected chi connectivity index (χ2v) is 6.58. The first kappa shape index (κ1) is 13.6. The van der Waals surface area contributed by atoms with Gasteiger partial charge in [0.05, 0.1) is 0 Å². The zero-order valence-electron chi connectivity index (χ0n) is 11.7. The zero-order chi connectivity index (χ0) is 13.3. The highest BCUT2D eigenvalue weighted by Crippen LogP contribution is 2.41. The van der Waals surface area contributed by atoms with E-state index in [1.165, 1.54) is 25.7 Å². The molecular formula is C15H25NO2. The van der Waals surface area contributed by atoms with E-state index in [0.717, 1.165) is 5.92 Å². The zero-order valence-corrected chi connectivity index (χ0v) is 11.7. The summed E-state index contributed by atoms with van der Waals surface area (Å²) >= 11 is 0. The van der Waals surface area contributed by atoms with Crippen LogP contribution < -0.4 is 5.32 Å². The van der Waals surface area contributed by atoms with Gasteiger partial charge in [0, 0.05) is 12.3 Å². The third kappa shape index (κ3) is 2.76. The molecule has 2 rings (SSSR count). The predicted octanol–water partition coefficient (Wildman–Crippen LogP) is 2.75. The molecule has 1 aliphatic carbocycles. The molecule has 1 saturated carbocycles. The summed E-state index contributed by atoms with van der Waals surface area (Å²) in [5.74, 6) is 1.82. The van der Waals surface area contributed by atoms with Crippen LogP contribution in [0.4, 0.5) is 0 Å². The molecule has 2 aliphatic rings. The first-order chi connectivity index (χ1) is 8.49. The van der Waals surface area contributed by atoms with Crippen molar-refractivity contribution in [3.05, 3.63) is 0 Å². The van der Waals surface area contributed by atoms with Crippen molar-refractivity contribution < 1.29 is 9.59 Å². The minimum atomic E-state index is -0.0693. The molecule has 4 atom stereocenters. The summed E-state index contributed by atoms with van der Waals surface area (Å²) in [5.41, 5.74) is 0. The Kier molecular flexibility index (Phi) is 4.08. The summed E-state index contributed by atoms with van der Waals surface area (Å²) in [4.78, 5) is 23.7. The molecule has 4 unspecified atom stereocenters. The van der Waals surface area contributed by atoms with Gasteiger partial charge in [-0.05, 0) is 30.1 Å². The number of hydrogen-bond donors (Lipinski definition) is 1. The standard InChI is InChI=1S/C15H25NO2/c1-9(2)14-12(8-13(17)16-15(14)18)11-6-4-5-10(3)7-11/h9-12,14H,4-8H2,1-3H3,(H,16,17,18). The Balaban J connectivity index is 2.15. The van der Waals surface area contributed by atoms with E-state index >= 15 is 0 Å². The minimum absolute atomic E-state index is 0.0259. The molecule has 3 heteroatoms. The van der Waals surface area contributed by atoms with Crippen LogP contribution in [0.5, 0.6) is 0 Å². The molecule has 0 aromatic heterocycles. The highest BCUT2D eigenvalue weighted by Gasteiger charge is 2.42. The van der Waals surface area contributed by atoms with Crippen LogP contribution in [0.2, 0.25) is 0 Å². The first-order valence-electron chi connectivity index (χ1n) is 7.32. The number of carbonyl (C=O) groups is 2. The SMILES string of the molecule is CC1CCCC(C2CC(=O)NC(=O)C2C(C)C)C1. The van der Waals surface area contributed by atoms with Crippen LogP contribution >= 0.6 is 0 Å². The van der Waals surface area contributed by atoms with E-state index in [4.69, 9.17) is 0 Å². The van der Waals surface area contributed by atoms with E-state index in [0.29, 0.717) is 18.3 Å². The summed E-state index contributed by atoms with van der Waals surface area (Å²) < 4.78 is 0. The maximum Gasteiger partial charge on any atom is 0.230 e. The summed E-state index contributed by atoms with van der Waals surface area (Å²) in [7, 11) is 0. The van der Waals surface area contributed by atoms with Crippen molar-refractivity contribution >= 4 is 11.8 Å². The Morgan fingerprint density at radius 2 is 1.94 bits per heavy atom. The quantitative estimate of drug-likeness (QED) is 0.767. The summed E-state index contributed by atoms with van der Waals surface area (Å²) in [6.45, 7) is 6.49. The molecule has 102 valence electrons. The maximum atomic E-state index is 12.0. The fourth-order valence-corrected chi connectivity index (χ4v) is 3.93. The van der Waals surface area contributed by atoms with Crippen molar-refractivity contribution in [3.63, 3.8) is 0 Å². The molecule has 0 radical (unpaired) electrons. The molecule has 0 spiro atoms. The van der Waals surface area contributed by atoms with Crippen LogP contribution in [-0.2, 0) is 9.59 Å². The van der Waals surface area contributed by atoms with Crippen molar-refractivity contribution in [1.29, 1.82) is 0 Å². The molecule has 0 aromatic carbocycles. The Morgan fingerprint density at radius 3 is 2.56 bits per heavy atom. The molecule has 0 bridgehead atoms. The van der Waals surface area contributed by atoms with Crippen molar-refractivity contribution in [1.82, 2.24) is 5.32 Å². The number of nitrogens with one attached hydrogen (secondary N) is 1. The van der Waals surface area contributed by atoms with Crippen molar-refractivity contribution in [2.75, 3.05) is 0 Å². The first-order valence-corrected chi connectivity index (χ1v) is 7.32. The lowest BCUT2D eigenvalue weighted by Crippen LogP contribution is -2.50. The van der Waals surface area contributed by atoms with Crippen LogP contribution in [-0.4, -0.2) is 11.8 Å². The molecule has 18 heavy (non-hydrogen) atoms. The number of amides is 2. The van der Waals surface area contributed by atoms with Crippen LogP contribution in [0.3, 0.4) is 0 Å². The van der Waals surface area contributed by atoms with Gasteiger partial charge in [-0.15, -0.1) is 0 Å². The third-order valence-electron chi connectivity index (χ3n) is 4.75. The van der Waals surface area contributed by atoms with Gasteiger partial charge in [0.15, 0.2) is 0 Å².